The van der Waals surface area contributed by atoms with Gasteiger partial charge in [0.25, 0.3) is 5.91 Å². The fourth-order valence-electron chi connectivity index (χ4n) is 2.94. The first-order valence-electron chi connectivity index (χ1n) is 9.98. The van der Waals surface area contributed by atoms with Crippen molar-refractivity contribution in [3.05, 3.63) is 70.5 Å². The van der Waals surface area contributed by atoms with Crippen molar-refractivity contribution in [2.24, 2.45) is 0 Å². The highest BCUT2D eigenvalue weighted by atomic mass is 35.5. The summed E-state index contributed by atoms with van der Waals surface area (Å²) in [4.78, 5) is 36.4. The number of hydrogen-bond acceptors (Lipinski definition) is 7. The zero-order chi connectivity index (χ0) is 23.8. The maximum absolute atomic E-state index is 12.4. The molecule has 33 heavy (non-hydrogen) atoms. The summed E-state index contributed by atoms with van der Waals surface area (Å²) in [5.74, 6) is -0.403. The van der Waals surface area contributed by atoms with Crippen LogP contribution in [0.1, 0.15) is 33.5 Å². The highest BCUT2D eigenvalue weighted by Gasteiger charge is 2.16. The Morgan fingerprint density at radius 1 is 1.12 bits per heavy atom. The minimum atomic E-state index is -0.481. The number of benzene rings is 2. The summed E-state index contributed by atoms with van der Waals surface area (Å²) in [6.07, 6.45) is 0. The molecule has 172 valence electrons. The third-order valence-electron chi connectivity index (χ3n) is 4.54. The summed E-state index contributed by atoms with van der Waals surface area (Å²) in [7, 11) is 1.30. The van der Waals surface area contributed by atoms with Gasteiger partial charge >= 0.3 is 5.97 Å². The van der Waals surface area contributed by atoms with Crippen LogP contribution < -0.4 is 10.6 Å². The maximum atomic E-state index is 12.4. The third-order valence-corrected chi connectivity index (χ3v) is 5.83. The molecule has 2 amide bonds. The summed E-state index contributed by atoms with van der Waals surface area (Å²) in [6.45, 7) is 2.65. The van der Waals surface area contributed by atoms with E-state index in [1.54, 1.807) is 48.5 Å². The van der Waals surface area contributed by atoms with E-state index in [1.807, 2.05) is 11.5 Å². The van der Waals surface area contributed by atoms with Crippen LogP contribution in [0.5, 0.6) is 0 Å². The van der Waals surface area contributed by atoms with Gasteiger partial charge in [0, 0.05) is 12.2 Å². The molecule has 0 bridgehead atoms. The third kappa shape index (κ3) is 6.33. The summed E-state index contributed by atoms with van der Waals surface area (Å²) in [5.41, 5.74) is 1.21. The van der Waals surface area contributed by atoms with Gasteiger partial charge in [-0.15, -0.1) is 10.2 Å². The van der Waals surface area contributed by atoms with Gasteiger partial charge in [-0.3, -0.25) is 9.59 Å². The Bertz CT molecular complexity index is 1170. The lowest BCUT2D eigenvalue weighted by Gasteiger charge is -2.09. The van der Waals surface area contributed by atoms with Crippen LogP contribution >= 0.6 is 23.4 Å². The Hall–Kier alpha value is -3.37. The highest BCUT2D eigenvalue weighted by molar-refractivity contribution is 7.99. The second kappa shape index (κ2) is 11.5. The van der Waals surface area contributed by atoms with Crippen molar-refractivity contribution < 1.29 is 19.1 Å². The number of thioether (sulfide) groups is 1. The van der Waals surface area contributed by atoms with Crippen LogP contribution in [0.4, 0.5) is 5.69 Å². The van der Waals surface area contributed by atoms with Gasteiger partial charge in [-0.2, -0.15) is 0 Å². The summed E-state index contributed by atoms with van der Waals surface area (Å²) in [5, 5.41) is 14.7. The SMILES string of the molecule is CCn1c(CNC(=O)c2ccccc2Cl)nnc1SCC(=O)Nc1cccc(C(=O)OC)c1. The van der Waals surface area contributed by atoms with Gasteiger partial charge in [-0.1, -0.05) is 41.6 Å². The van der Waals surface area contributed by atoms with Gasteiger partial charge in [-0.05, 0) is 37.3 Å². The Morgan fingerprint density at radius 2 is 1.91 bits per heavy atom. The van der Waals surface area contributed by atoms with Gasteiger partial charge in [-0.25, -0.2) is 4.79 Å². The lowest BCUT2D eigenvalue weighted by Crippen LogP contribution is -2.25. The summed E-state index contributed by atoms with van der Waals surface area (Å²) < 4.78 is 6.51. The molecule has 0 aliphatic rings. The van der Waals surface area contributed by atoms with E-state index in [9.17, 15) is 14.4 Å². The number of methoxy groups -OCH3 is 1. The minimum Gasteiger partial charge on any atom is -0.465 e. The average molecular weight is 488 g/mol. The number of halogens is 1. The molecule has 0 radical (unpaired) electrons. The van der Waals surface area contributed by atoms with Crippen LogP contribution in [-0.2, 0) is 22.6 Å². The number of nitrogens with one attached hydrogen (secondary N) is 2. The average Bonchev–Trinajstić information content (AvgIpc) is 3.22. The fraction of sp³-hybridized carbons (Fsp3) is 0.227. The quantitative estimate of drug-likeness (QED) is 0.351. The van der Waals surface area contributed by atoms with Crippen molar-refractivity contribution in [3.8, 4) is 0 Å². The van der Waals surface area contributed by atoms with Crippen molar-refractivity contribution >= 4 is 46.8 Å². The van der Waals surface area contributed by atoms with Crippen LogP contribution in [0.2, 0.25) is 5.02 Å². The van der Waals surface area contributed by atoms with E-state index in [0.717, 1.165) is 0 Å². The predicted molar refractivity (Wildman–Crippen MR) is 125 cm³/mol. The number of esters is 1. The molecular weight excluding hydrogens is 466 g/mol. The number of carbonyl (C=O) groups excluding carboxylic acids is 3. The largest absolute Gasteiger partial charge is 0.465 e. The number of hydrogen-bond donors (Lipinski definition) is 2. The molecule has 0 atom stereocenters. The van der Waals surface area contributed by atoms with Gasteiger partial charge in [0.1, 0.15) is 0 Å². The predicted octanol–water partition coefficient (Wildman–Crippen LogP) is 3.40. The molecule has 1 aromatic heterocycles. The van der Waals surface area contributed by atoms with Crippen LogP contribution in [-0.4, -0.2) is 45.4 Å². The van der Waals surface area contributed by atoms with Gasteiger partial charge < -0.3 is 19.9 Å². The first-order valence-corrected chi connectivity index (χ1v) is 11.3. The molecule has 2 N–H and O–H groups in total. The zero-order valence-electron chi connectivity index (χ0n) is 18.0. The van der Waals surface area contributed by atoms with E-state index >= 15 is 0 Å². The van der Waals surface area contributed by atoms with E-state index in [-0.39, 0.29) is 24.1 Å². The molecule has 0 fully saturated rings. The minimum absolute atomic E-state index is 0.0898. The van der Waals surface area contributed by atoms with E-state index in [1.165, 1.54) is 18.9 Å². The van der Waals surface area contributed by atoms with E-state index in [4.69, 9.17) is 11.6 Å². The number of carbonyl (C=O) groups is 3. The number of aromatic nitrogens is 3. The smallest absolute Gasteiger partial charge is 0.337 e. The number of rotatable bonds is 9. The fourth-order valence-corrected chi connectivity index (χ4v) is 3.99. The molecule has 11 heteroatoms. The monoisotopic (exact) mass is 487 g/mol. The van der Waals surface area contributed by atoms with Crippen molar-refractivity contribution in [3.63, 3.8) is 0 Å². The molecule has 3 rings (SSSR count). The molecule has 0 aliphatic heterocycles. The topological polar surface area (TPSA) is 115 Å². The molecule has 0 saturated heterocycles. The summed E-state index contributed by atoms with van der Waals surface area (Å²) in [6, 6.07) is 13.3. The van der Waals surface area contributed by atoms with Crippen molar-refractivity contribution in [2.45, 2.75) is 25.2 Å². The maximum Gasteiger partial charge on any atom is 0.337 e. The normalized spacial score (nSPS) is 10.5. The Morgan fingerprint density at radius 3 is 2.64 bits per heavy atom. The standard InChI is InChI=1S/C22H22ClN5O4S/c1-3-28-18(12-24-20(30)16-9-4-5-10-17(16)23)26-27-22(28)33-13-19(29)25-15-8-6-7-14(11-15)21(31)32-2/h4-11H,3,12-13H2,1-2H3,(H,24,30)(H,25,29). The second-order valence-corrected chi connectivity index (χ2v) is 8.06. The Balaban J connectivity index is 1.58. The molecule has 0 spiro atoms. The van der Waals surface area contributed by atoms with Crippen LogP contribution in [0.15, 0.2) is 53.7 Å². The van der Waals surface area contributed by atoms with Crippen molar-refractivity contribution in [1.29, 1.82) is 0 Å². The van der Waals surface area contributed by atoms with Crippen LogP contribution in [0.25, 0.3) is 0 Å². The Kier molecular flexibility index (Phi) is 8.45. The first-order chi connectivity index (χ1) is 15.9. The van der Waals surface area contributed by atoms with E-state index in [0.29, 0.717) is 39.4 Å². The van der Waals surface area contributed by atoms with Crippen molar-refractivity contribution in [1.82, 2.24) is 20.1 Å². The van der Waals surface area contributed by atoms with Gasteiger partial charge in [0.15, 0.2) is 11.0 Å². The number of ether oxygens (including phenoxy) is 1. The Labute approximate surface area is 199 Å². The summed E-state index contributed by atoms with van der Waals surface area (Å²) >= 11 is 7.29. The molecule has 0 unspecified atom stereocenters. The lowest BCUT2D eigenvalue weighted by molar-refractivity contribution is -0.113. The first kappa shape index (κ1) is 24.3. The highest BCUT2D eigenvalue weighted by Crippen LogP contribution is 2.19. The van der Waals surface area contributed by atoms with Crippen LogP contribution in [0, 0.1) is 0 Å². The number of nitrogens with zero attached hydrogens (tertiary/aromatic N) is 3. The van der Waals surface area contributed by atoms with Crippen molar-refractivity contribution in [2.75, 3.05) is 18.2 Å². The molecule has 9 nitrogen and oxygen atoms in total. The second-order valence-electron chi connectivity index (χ2n) is 6.71. The van der Waals surface area contributed by atoms with Crippen LogP contribution in [0.3, 0.4) is 0 Å². The van der Waals surface area contributed by atoms with Gasteiger partial charge in [0.2, 0.25) is 5.91 Å². The zero-order valence-corrected chi connectivity index (χ0v) is 19.6. The van der Waals surface area contributed by atoms with E-state index < -0.39 is 5.97 Å². The molecule has 3 aromatic rings. The molecule has 2 aromatic carbocycles. The lowest BCUT2D eigenvalue weighted by atomic mass is 10.2. The number of amides is 2. The van der Waals surface area contributed by atoms with E-state index in [2.05, 4.69) is 25.6 Å². The molecule has 0 aliphatic carbocycles. The molecule has 1 heterocycles. The molecular formula is C22H22ClN5O4S. The number of anilines is 1. The van der Waals surface area contributed by atoms with Gasteiger partial charge in [0.05, 0.1) is 35.6 Å². The molecule has 0 saturated carbocycles.